The first-order valence-corrected chi connectivity index (χ1v) is 7.37. The quantitative estimate of drug-likeness (QED) is 0.854. The Balaban J connectivity index is 2.10. The molecule has 0 unspecified atom stereocenters. The van der Waals surface area contributed by atoms with E-state index in [4.69, 9.17) is 5.73 Å². The Kier molecular flexibility index (Phi) is 4.82. The van der Waals surface area contributed by atoms with E-state index in [1.54, 1.807) is 0 Å². The number of anilines is 1. The molecule has 0 aromatic carbocycles. The molecule has 0 saturated carbocycles. The lowest BCUT2D eigenvalue weighted by Crippen LogP contribution is -2.47. The molecular weight excluding hydrogens is 238 g/mol. The van der Waals surface area contributed by atoms with Gasteiger partial charge in [-0.25, -0.2) is 0 Å². The lowest BCUT2D eigenvalue weighted by atomic mass is 10.1. The third-order valence-electron chi connectivity index (χ3n) is 3.92. The van der Waals surface area contributed by atoms with Crippen molar-refractivity contribution in [2.75, 3.05) is 44.2 Å². The van der Waals surface area contributed by atoms with Crippen molar-refractivity contribution in [3.05, 3.63) is 11.3 Å². The van der Waals surface area contributed by atoms with Gasteiger partial charge in [-0.1, -0.05) is 6.92 Å². The second kappa shape index (κ2) is 6.39. The molecule has 0 bridgehead atoms. The van der Waals surface area contributed by atoms with Gasteiger partial charge in [-0.05, 0) is 32.9 Å². The van der Waals surface area contributed by atoms with E-state index in [9.17, 15) is 0 Å². The first-order chi connectivity index (χ1) is 9.17. The minimum Gasteiger partial charge on any atom is -0.354 e. The third-order valence-corrected chi connectivity index (χ3v) is 3.92. The molecule has 1 aromatic rings. The minimum atomic E-state index is 0.690. The molecule has 2 N–H and O–H groups in total. The summed E-state index contributed by atoms with van der Waals surface area (Å²) in [5.41, 5.74) is 8.19. The number of piperazine rings is 1. The fourth-order valence-corrected chi connectivity index (χ4v) is 3.02. The van der Waals surface area contributed by atoms with E-state index < -0.39 is 0 Å². The summed E-state index contributed by atoms with van der Waals surface area (Å²) >= 11 is 0. The highest BCUT2D eigenvalue weighted by atomic mass is 15.4. The standard InChI is InChI=1S/C14H27N5/c1-4-7-18-8-10-19(11-9-18)14-13(5-6-15)12(2)16-17(14)3/h4-11,15H2,1-3H3. The highest BCUT2D eigenvalue weighted by Gasteiger charge is 2.22. The molecule has 108 valence electrons. The zero-order valence-corrected chi connectivity index (χ0v) is 12.5. The Morgan fingerprint density at radius 2 is 1.89 bits per heavy atom. The first-order valence-electron chi connectivity index (χ1n) is 7.37. The van der Waals surface area contributed by atoms with Crippen LogP contribution in [0.3, 0.4) is 0 Å². The van der Waals surface area contributed by atoms with E-state index in [1.807, 2.05) is 11.7 Å². The van der Waals surface area contributed by atoms with Gasteiger partial charge < -0.3 is 10.6 Å². The van der Waals surface area contributed by atoms with E-state index in [2.05, 4.69) is 28.7 Å². The van der Waals surface area contributed by atoms with Crippen molar-refractivity contribution < 1.29 is 0 Å². The van der Waals surface area contributed by atoms with Gasteiger partial charge in [-0.15, -0.1) is 0 Å². The molecular formula is C14H27N5. The van der Waals surface area contributed by atoms with Crippen molar-refractivity contribution in [1.29, 1.82) is 0 Å². The van der Waals surface area contributed by atoms with Gasteiger partial charge in [0.15, 0.2) is 0 Å². The molecule has 19 heavy (non-hydrogen) atoms. The summed E-state index contributed by atoms with van der Waals surface area (Å²) in [4.78, 5) is 5.01. The number of nitrogens with two attached hydrogens (primary N) is 1. The lowest BCUT2D eigenvalue weighted by molar-refractivity contribution is 0.257. The smallest absolute Gasteiger partial charge is 0.130 e. The van der Waals surface area contributed by atoms with Gasteiger partial charge in [0.25, 0.3) is 0 Å². The predicted octanol–water partition coefficient (Wildman–Crippen LogP) is 0.762. The minimum absolute atomic E-state index is 0.690. The van der Waals surface area contributed by atoms with Crippen LogP contribution in [0.5, 0.6) is 0 Å². The van der Waals surface area contributed by atoms with Gasteiger partial charge in [-0.3, -0.25) is 9.58 Å². The van der Waals surface area contributed by atoms with E-state index in [-0.39, 0.29) is 0 Å². The van der Waals surface area contributed by atoms with E-state index >= 15 is 0 Å². The zero-order chi connectivity index (χ0) is 13.8. The molecule has 5 heteroatoms. The van der Waals surface area contributed by atoms with Crippen molar-refractivity contribution in [3.63, 3.8) is 0 Å². The number of hydrogen-bond donors (Lipinski definition) is 1. The van der Waals surface area contributed by atoms with Crippen LogP contribution in [0.1, 0.15) is 24.6 Å². The fourth-order valence-electron chi connectivity index (χ4n) is 3.02. The summed E-state index contributed by atoms with van der Waals surface area (Å²) in [6.45, 7) is 10.7. The second-order valence-electron chi connectivity index (χ2n) is 5.38. The van der Waals surface area contributed by atoms with Crippen molar-refractivity contribution in [1.82, 2.24) is 14.7 Å². The van der Waals surface area contributed by atoms with Crippen LogP contribution in [-0.2, 0) is 13.5 Å². The van der Waals surface area contributed by atoms with Crippen LogP contribution >= 0.6 is 0 Å². The summed E-state index contributed by atoms with van der Waals surface area (Å²) in [7, 11) is 2.04. The third kappa shape index (κ3) is 3.09. The summed E-state index contributed by atoms with van der Waals surface area (Å²) in [6, 6.07) is 0. The van der Waals surface area contributed by atoms with Crippen molar-refractivity contribution in [2.45, 2.75) is 26.7 Å². The largest absolute Gasteiger partial charge is 0.354 e. The highest BCUT2D eigenvalue weighted by molar-refractivity contribution is 5.50. The Morgan fingerprint density at radius 1 is 1.21 bits per heavy atom. The molecule has 0 spiro atoms. The SMILES string of the molecule is CCCN1CCN(c2c(CCN)c(C)nn2C)CC1. The Hall–Kier alpha value is -1.07. The average Bonchev–Trinajstić information content (AvgIpc) is 2.67. The maximum atomic E-state index is 5.73. The maximum absolute atomic E-state index is 5.73. The van der Waals surface area contributed by atoms with Crippen LogP contribution in [0.15, 0.2) is 0 Å². The van der Waals surface area contributed by atoms with Gasteiger partial charge >= 0.3 is 0 Å². The Morgan fingerprint density at radius 3 is 2.47 bits per heavy atom. The van der Waals surface area contributed by atoms with Crippen LogP contribution in [0.25, 0.3) is 0 Å². The summed E-state index contributed by atoms with van der Waals surface area (Å²) in [5, 5.41) is 4.57. The normalized spacial score (nSPS) is 17.2. The van der Waals surface area contributed by atoms with Crippen LogP contribution in [0, 0.1) is 6.92 Å². The predicted molar refractivity (Wildman–Crippen MR) is 79.6 cm³/mol. The van der Waals surface area contributed by atoms with E-state index in [0.29, 0.717) is 6.54 Å². The lowest BCUT2D eigenvalue weighted by Gasteiger charge is -2.36. The Bertz CT molecular complexity index is 404. The van der Waals surface area contributed by atoms with Crippen LogP contribution in [0.4, 0.5) is 5.82 Å². The summed E-state index contributed by atoms with van der Waals surface area (Å²) in [5.74, 6) is 1.28. The molecule has 1 fully saturated rings. The van der Waals surface area contributed by atoms with Crippen LogP contribution < -0.4 is 10.6 Å². The molecule has 0 amide bonds. The Labute approximate surface area is 116 Å². The zero-order valence-electron chi connectivity index (χ0n) is 12.5. The van der Waals surface area contributed by atoms with Gasteiger partial charge in [0, 0.05) is 38.8 Å². The van der Waals surface area contributed by atoms with Gasteiger partial charge in [0.2, 0.25) is 0 Å². The van der Waals surface area contributed by atoms with Crippen LogP contribution in [-0.4, -0.2) is 53.9 Å². The molecule has 2 rings (SSSR count). The number of rotatable bonds is 5. The summed E-state index contributed by atoms with van der Waals surface area (Å²) < 4.78 is 2.02. The molecule has 1 aromatic heterocycles. The van der Waals surface area contributed by atoms with E-state index in [0.717, 1.165) is 38.3 Å². The fraction of sp³-hybridized carbons (Fsp3) is 0.786. The molecule has 0 atom stereocenters. The average molecular weight is 265 g/mol. The highest BCUT2D eigenvalue weighted by Crippen LogP contribution is 2.24. The van der Waals surface area contributed by atoms with Crippen molar-refractivity contribution in [3.8, 4) is 0 Å². The number of hydrogen-bond acceptors (Lipinski definition) is 4. The molecule has 1 saturated heterocycles. The van der Waals surface area contributed by atoms with Crippen LogP contribution in [0.2, 0.25) is 0 Å². The molecule has 0 radical (unpaired) electrons. The molecule has 5 nitrogen and oxygen atoms in total. The molecule has 1 aliphatic rings. The van der Waals surface area contributed by atoms with Gasteiger partial charge in [0.05, 0.1) is 5.69 Å². The number of aryl methyl sites for hydroxylation is 2. The molecule has 2 heterocycles. The molecule has 0 aliphatic carbocycles. The van der Waals surface area contributed by atoms with Gasteiger partial charge in [-0.2, -0.15) is 5.10 Å². The van der Waals surface area contributed by atoms with E-state index in [1.165, 1.54) is 24.3 Å². The van der Waals surface area contributed by atoms with Crippen molar-refractivity contribution in [2.24, 2.45) is 12.8 Å². The maximum Gasteiger partial charge on any atom is 0.130 e. The number of aromatic nitrogens is 2. The topological polar surface area (TPSA) is 50.3 Å². The summed E-state index contributed by atoms with van der Waals surface area (Å²) in [6.07, 6.45) is 2.16. The molecule has 1 aliphatic heterocycles. The number of nitrogens with zero attached hydrogens (tertiary/aromatic N) is 4. The monoisotopic (exact) mass is 265 g/mol. The van der Waals surface area contributed by atoms with Crippen molar-refractivity contribution >= 4 is 5.82 Å². The van der Waals surface area contributed by atoms with Gasteiger partial charge in [0.1, 0.15) is 5.82 Å². The second-order valence-corrected chi connectivity index (χ2v) is 5.38. The first kappa shape index (κ1) is 14.3.